The summed E-state index contributed by atoms with van der Waals surface area (Å²) in [7, 11) is 0. The van der Waals surface area contributed by atoms with Crippen LogP contribution in [0.4, 0.5) is 0 Å². The molecule has 0 heterocycles. The van der Waals surface area contributed by atoms with Crippen LogP contribution < -0.4 is 0 Å². The molecule has 0 rings (SSSR count). The molecule has 0 aromatic rings. The maximum Gasteiger partial charge on any atom is 0.0128 e. The highest BCUT2D eigenvalue weighted by Crippen LogP contribution is 1.96. The number of hydrogen-bond acceptors (Lipinski definition) is 2. The van der Waals surface area contributed by atoms with Crippen molar-refractivity contribution >= 4 is 29.7 Å². The molecule has 0 fully saturated rings. The van der Waals surface area contributed by atoms with E-state index < -0.39 is 0 Å². The van der Waals surface area contributed by atoms with Gasteiger partial charge in [0, 0.05) is 4.86 Å². The fourth-order valence-electron chi connectivity index (χ4n) is 0.294. The standard InChI is InChI=1S/C5H8S2/c1-4(6)3-5(2)7/h3,6H,1-2H3/b4-3-. The van der Waals surface area contributed by atoms with Crippen LogP contribution >= 0.6 is 24.8 Å². The molecule has 0 atom stereocenters. The molecule has 0 bridgehead atoms. The molecule has 0 N–H and O–H groups in total. The maximum atomic E-state index is 4.75. The second kappa shape index (κ2) is 3.22. The minimum absolute atomic E-state index is 0.882. The Balaban J connectivity index is 3.68. The molecule has 0 saturated carbocycles. The van der Waals surface area contributed by atoms with Gasteiger partial charge in [-0.1, -0.05) is 12.2 Å². The van der Waals surface area contributed by atoms with E-state index in [1.54, 1.807) is 0 Å². The zero-order valence-corrected chi connectivity index (χ0v) is 6.14. The van der Waals surface area contributed by atoms with Gasteiger partial charge in [0.1, 0.15) is 0 Å². The van der Waals surface area contributed by atoms with Gasteiger partial charge in [0.2, 0.25) is 0 Å². The zero-order valence-electron chi connectivity index (χ0n) is 4.43. The van der Waals surface area contributed by atoms with E-state index in [-0.39, 0.29) is 0 Å². The molecule has 0 aromatic carbocycles. The molecule has 0 aliphatic heterocycles. The molecule has 0 aliphatic carbocycles. The fourth-order valence-corrected chi connectivity index (χ4v) is 0.752. The van der Waals surface area contributed by atoms with Crippen LogP contribution in [-0.2, 0) is 0 Å². The van der Waals surface area contributed by atoms with Gasteiger partial charge in [-0.3, -0.25) is 0 Å². The first-order valence-electron chi connectivity index (χ1n) is 2.01. The SMILES string of the molecule is CC(=S)/C=C(/C)S. The van der Waals surface area contributed by atoms with Crippen LogP contribution in [0.3, 0.4) is 0 Å². The number of thiocarbonyl (C=S) groups is 1. The maximum absolute atomic E-state index is 4.75. The normalized spacial score (nSPS) is 11.6. The minimum atomic E-state index is 0.882. The van der Waals surface area contributed by atoms with Crippen molar-refractivity contribution in [3.8, 4) is 0 Å². The summed E-state index contributed by atoms with van der Waals surface area (Å²) in [6.07, 6.45) is 1.85. The summed E-state index contributed by atoms with van der Waals surface area (Å²) in [4.78, 5) is 1.85. The second-order valence-corrected chi connectivity index (χ2v) is 2.75. The molecule has 7 heavy (non-hydrogen) atoms. The van der Waals surface area contributed by atoms with Crippen molar-refractivity contribution in [3.63, 3.8) is 0 Å². The molecule has 0 amide bonds. The lowest BCUT2D eigenvalue weighted by Crippen LogP contribution is -1.74. The summed E-state index contributed by atoms with van der Waals surface area (Å²) < 4.78 is 0. The number of rotatable bonds is 1. The van der Waals surface area contributed by atoms with E-state index in [1.807, 2.05) is 19.9 Å². The first-order valence-corrected chi connectivity index (χ1v) is 2.86. The van der Waals surface area contributed by atoms with Crippen LogP contribution in [-0.4, -0.2) is 4.86 Å². The fraction of sp³-hybridized carbons (Fsp3) is 0.400. The Kier molecular flexibility index (Phi) is 3.30. The minimum Gasteiger partial charge on any atom is -0.148 e. The molecule has 0 spiro atoms. The molecular formula is C5H8S2. The summed E-state index contributed by atoms with van der Waals surface area (Å²) in [6.45, 7) is 3.77. The van der Waals surface area contributed by atoms with Crippen LogP contribution in [0.15, 0.2) is 11.0 Å². The smallest absolute Gasteiger partial charge is 0.0128 e. The Bertz CT molecular complexity index is 98.6. The first kappa shape index (κ1) is 7.18. The summed E-state index contributed by atoms with van der Waals surface area (Å²) in [6, 6.07) is 0. The van der Waals surface area contributed by atoms with Crippen molar-refractivity contribution in [1.29, 1.82) is 0 Å². The summed E-state index contributed by atoms with van der Waals surface area (Å²) in [5.74, 6) is 0. The highest BCUT2D eigenvalue weighted by atomic mass is 32.1. The number of thiol groups is 1. The third-order valence-corrected chi connectivity index (χ3v) is 0.659. The first-order chi connectivity index (χ1) is 3.13. The van der Waals surface area contributed by atoms with Crippen LogP contribution in [0.5, 0.6) is 0 Å². The Hall–Kier alpha value is 0.180. The molecule has 0 nitrogen and oxygen atoms in total. The summed E-state index contributed by atoms with van der Waals surface area (Å²) in [5, 5.41) is 0. The number of hydrogen-bond donors (Lipinski definition) is 1. The Morgan fingerprint density at radius 2 is 2.00 bits per heavy atom. The predicted octanol–water partition coefficient (Wildman–Crippen LogP) is 2.21. The largest absolute Gasteiger partial charge is 0.148 e. The highest BCUT2D eigenvalue weighted by molar-refractivity contribution is 7.84. The Labute approximate surface area is 55.0 Å². The van der Waals surface area contributed by atoms with Crippen molar-refractivity contribution < 1.29 is 0 Å². The zero-order chi connectivity index (χ0) is 5.86. The Morgan fingerprint density at radius 3 is 2.00 bits per heavy atom. The van der Waals surface area contributed by atoms with E-state index in [0.717, 1.165) is 9.77 Å². The van der Waals surface area contributed by atoms with Crippen LogP contribution in [0.1, 0.15) is 13.8 Å². The highest BCUT2D eigenvalue weighted by Gasteiger charge is 1.76. The van der Waals surface area contributed by atoms with Crippen LogP contribution in [0.25, 0.3) is 0 Å². The van der Waals surface area contributed by atoms with Gasteiger partial charge in [0.05, 0.1) is 0 Å². The van der Waals surface area contributed by atoms with Crippen molar-refractivity contribution in [2.24, 2.45) is 0 Å². The average Bonchev–Trinajstić information content (AvgIpc) is 1.27. The second-order valence-electron chi connectivity index (χ2n) is 1.40. The van der Waals surface area contributed by atoms with Gasteiger partial charge in [0.15, 0.2) is 0 Å². The van der Waals surface area contributed by atoms with Crippen molar-refractivity contribution in [2.45, 2.75) is 13.8 Å². The van der Waals surface area contributed by atoms with E-state index in [2.05, 4.69) is 12.6 Å². The van der Waals surface area contributed by atoms with Gasteiger partial charge in [-0.05, 0) is 24.8 Å². The van der Waals surface area contributed by atoms with Crippen LogP contribution in [0.2, 0.25) is 0 Å². The molecule has 0 aliphatic rings. The molecule has 2 heteroatoms. The van der Waals surface area contributed by atoms with E-state index in [4.69, 9.17) is 12.2 Å². The molecule has 0 radical (unpaired) electrons. The average molecular weight is 132 g/mol. The van der Waals surface area contributed by atoms with E-state index in [9.17, 15) is 0 Å². The predicted molar refractivity (Wildman–Crippen MR) is 41.0 cm³/mol. The number of allylic oxidation sites excluding steroid dienone is 2. The lowest BCUT2D eigenvalue weighted by molar-refractivity contribution is 1.71. The van der Waals surface area contributed by atoms with Gasteiger partial charge in [-0.25, -0.2) is 0 Å². The summed E-state index contributed by atoms with van der Waals surface area (Å²) >= 11 is 8.76. The molecule has 0 unspecified atom stereocenters. The van der Waals surface area contributed by atoms with Crippen LogP contribution in [0, 0.1) is 0 Å². The van der Waals surface area contributed by atoms with Gasteiger partial charge >= 0.3 is 0 Å². The molecular weight excluding hydrogens is 124 g/mol. The van der Waals surface area contributed by atoms with Gasteiger partial charge in [-0.15, -0.1) is 12.6 Å². The van der Waals surface area contributed by atoms with E-state index in [1.165, 1.54) is 0 Å². The quantitative estimate of drug-likeness (QED) is 0.324. The van der Waals surface area contributed by atoms with Crippen molar-refractivity contribution in [1.82, 2.24) is 0 Å². The van der Waals surface area contributed by atoms with Gasteiger partial charge in [-0.2, -0.15) is 0 Å². The van der Waals surface area contributed by atoms with Crippen molar-refractivity contribution in [3.05, 3.63) is 11.0 Å². The van der Waals surface area contributed by atoms with Gasteiger partial charge in [0.25, 0.3) is 0 Å². The van der Waals surface area contributed by atoms with E-state index >= 15 is 0 Å². The lowest BCUT2D eigenvalue weighted by atomic mass is 10.4. The third-order valence-electron chi connectivity index (χ3n) is 0.412. The molecule has 0 aromatic heterocycles. The van der Waals surface area contributed by atoms with E-state index in [0.29, 0.717) is 0 Å². The summed E-state index contributed by atoms with van der Waals surface area (Å²) in [5.41, 5.74) is 0. The third kappa shape index (κ3) is 6.18. The van der Waals surface area contributed by atoms with Crippen molar-refractivity contribution in [2.75, 3.05) is 0 Å². The molecule has 0 saturated heterocycles. The lowest BCUT2D eigenvalue weighted by Gasteiger charge is -1.82. The topological polar surface area (TPSA) is 0 Å². The molecule has 40 valence electrons. The van der Waals surface area contributed by atoms with Gasteiger partial charge < -0.3 is 0 Å². The monoisotopic (exact) mass is 132 g/mol. The Morgan fingerprint density at radius 1 is 1.57 bits per heavy atom.